The Morgan fingerprint density at radius 1 is 1.17 bits per heavy atom. The Kier molecular flexibility index (Phi) is 5.14. The summed E-state index contributed by atoms with van der Waals surface area (Å²) in [5.41, 5.74) is 0. The van der Waals surface area contributed by atoms with Crippen LogP contribution in [0.25, 0.3) is 0 Å². The number of hydrogen-bond donors (Lipinski definition) is 0. The largest absolute Gasteiger partial charge is 0.359 e. The number of nitrogens with zero attached hydrogens (tertiary/aromatic N) is 2. The lowest BCUT2D eigenvalue weighted by Crippen LogP contribution is -2.33. The van der Waals surface area contributed by atoms with Gasteiger partial charge in [-0.1, -0.05) is 13.3 Å². The topological polar surface area (TPSA) is 6.48 Å². The van der Waals surface area contributed by atoms with Crippen LogP contribution < -0.4 is 0 Å². The molecular formula is C9H19ClN2. The van der Waals surface area contributed by atoms with Gasteiger partial charge in [-0.3, -0.25) is 0 Å². The van der Waals surface area contributed by atoms with E-state index in [1.165, 1.54) is 19.3 Å². The van der Waals surface area contributed by atoms with E-state index in [9.17, 15) is 0 Å². The quantitative estimate of drug-likeness (QED) is 0.674. The van der Waals surface area contributed by atoms with E-state index in [-0.39, 0.29) is 12.4 Å². The maximum absolute atomic E-state index is 2.27. The third-order valence-corrected chi connectivity index (χ3v) is 2.29. The van der Waals surface area contributed by atoms with E-state index in [0.29, 0.717) is 6.17 Å². The Labute approximate surface area is 81.6 Å². The van der Waals surface area contributed by atoms with Crippen LogP contribution in [0.2, 0.25) is 0 Å². The molecule has 1 rings (SSSR count). The van der Waals surface area contributed by atoms with Gasteiger partial charge in [0.1, 0.15) is 6.17 Å². The van der Waals surface area contributed by atoms with Crippen molar-refractivity contribution in [1.29, 1.82) is 0 Å². The van der Waals surface area contributed by atoms with Gasteiger partial charge in [0.25, 0.3) is 0 Å². The average molecular weight is 191 g/mol. The van der Waals surface area contributed by atoms with E-state index in [2.05, 4.69) is 43.2 Å². The number of rotatable bonds is 3. The van der Waals surface area contributed by atoms with Crippen LogP contribution in [-0.4, -0.2) is 30.1 Å². The normalized spacial score (nSPS) is 16.9. The third kappa shape index (κ3) is 2.59. The fourth-order valence-electron chi connectivity index (χ4n) is 1.49. The van der Waals surface area contributed by atoms with Gasteiger partial charge in [0.05, 0.1) is 0 Å². The highest BCUT2D eigenvalue weighted by Crippen LogP contribution is 2.16. The molecule has 0 unspecified atom stereocenters. The first-order valence-electron chi connectivity index (χ1n) is 4.38. The summed E-state index contributed by atoms with van der Waals surface area (Å²) < 4.78 is 0. The minimum atomic E-state index is 0. The first kappa shape index (κ1) is 11.6. The lowest BCUT2D eigenvalue weighted by Gasteiger charge is -2.27. The zero-order valence-corrected chi connectivity index (χ0v) is 8.97. The SMILES string of the molecule is CCCCC1N(C)C=CN1C.Cl. The Bertz CT molecular complexity index is 135. The van der Waals surface area contributed by atoms with Gasteiger partial charge < -0.3 is 9.80 Å². The molecule has 0 bridgehead atoms. The van der Waals surface area contributed by atoms with Crippen molar-refractivity contribution in [2.45, 2.75) is 32.4 Å². The summed E-state index contributed by atoms with van der Waals surface area (Å²) in [4.78, 5) is 4.55. The summed E-state index contributed by atoms with van der Waals surface area (Å²) in [7, 11) is 4.28. The zero-order chi connectivity index (χ0) is 8.27. The second-order valence-corrected chi connectivity index (χ2v) is 3.25. The molecule has 0 N–H and O–H groups in total. The molecule has 1 aliphatic rings. The number of hydrogen-bond acceptors (Lipinski definition) is 2. The molecule has 0 aromatic rings. The molecule has 72 valence electrons. The standard InChI is InChI=1S/C9H18N2.ClH/c1-4-5-6-9-10(2)7-8-11(9)3;/h7-9H,4-6H2,1-3H3;1H. The van der Waals surface area contributed by atoms with Gasteiger partial charge >= 0.3 is 0 Å². The van der Waals surface area contributed by atoms with Crippen molar-refractivity contribution in [3.63, 3.8) is 0 Å². The average Bonchev–Trinajstić information content (AvgIpc) is 2.29. The third-order valence-electron chi connectivity index (χ3n) is 2.29. The molecule has 0 amide bonds. The summed E-state index contributed by atoms with van der Waals surface area (Å²) in [6.07, 6.45) is 8.77. The molecule has 0 aliphatic carbocycles. The Morgan fingerprint density at radius 3 is 2.08 bits per heavy atom. The summed E-state index contributed by atoms with van der Waals surface area (Å²) in [6, 6.07) is 0. The van der Waals surface area contributed by atoms with Crippen LogP contribution in [0.1, 0.15) is 26.2 Å². The van der Waals surface area contributed by atoms with Crippen LogP contribution in [0.15, 0.2) is 12.4 Å². The fraction of sp³-hybridized carbons (Fsp3) is 0.778. The summed E-state index contributed by atoms with van der Waals surface area (Å²) >= 11 is 0. The van der Waals surface area contributed by atoms with Crippen molar-refractivity contribution in [2.75, 3.05) is 14.1 Å². The smallest absolute Gasteiger partial charge is 0.100 e. The van der Waals surface area contributed by atoms with Crippen LogP contribution in [0, 0.1) is 0 Å². The van der Waals surface area contributed by atoms with Crippen molar-refractivity contribution in [3.05, 3.63) is 12.4 Å². The van der Waals surface area contributed by atoms with E-state index < -0.39 is 0 Å². The van der Waals surface area contributed by atoms with Crippen LogP contribution in [0.4, 0.5) is 0 Å². The molecular weight excluding hydrogens is 172 g/mol. The molecule has 2 nitrogen and oxygen atoms in total. The zero-order valence-electron chi connectivity index (χ0n) is 8.16. The van der Waals surface area contributed by atoms with Crippen molar-refractivity contribution >= 4 is 12.4 Å². The lowest BCUT2D eigenvalue weighted by molar-refractivity contribution is 0.189. The molecule has 0 spiro atoms. The van der Waals surface area contributed by atoms with Crippen LogP contribution in [-0.2, 0) is 0 Å². The molecule has 0 saturated heterocycles. The fourth-order valence-corrected chi connectivity index (χ4v) is 1.49. The maximum Gasteiger partial charge on any atom is 0.100 e. The van der Waals surface area contributed by atoms with Crippen LogP contribution >= 0.6 is 12.4 Å². The predicted molar refractivity (Wildman–Crippen MR) is 55.2 cm³/mol. The molecule has 0 aromatic carbocycles. The molecule has 1 aliphatic heterocycles. The highest BCUT2D eigenvalue weighted by molar-refractivity contribution is 5.85. The number of unbranched alkanes of at least 4 members (excludes halogenated alkanes) is 1. The summed E-state index contributed by atoms with van der Waals surface area (Å²) in [5, 5.41) is 0. The lowest BCUT2D eigenvalue weighted by atomic mass is 10.2. The van der Waals surface area contributed by atoms with E-state index in [1.54, 1.807) is 0 Å². The minimum absolute atomic E-state index is 0. The van der Waals surface area contributed by atoms with Gasteiger partial charge in [-0.05, 0) is 12.8 Å². The Hall–Kier alpha value is -0.370. The Morgan fingerprint density at radius 2 is 1.67 bits per heavy atom. The van der Waals surface area contributed by atoms with Gasteiger partial charge in [0, 0.05) is 26.5 Å². The first-order chi connectivity index (χ1) is 5.25. The predicted octanol–water partition coefficient (Wildman–Crippen LogP) is 2.27. The van der Waals surface area contributed by atoms with Crippen LogP contribution in [0.5, 0.6) is 0 Å². The van der Waals surface area contributed by atoms with Crippen molar-refractivity contribution in [2.24, 2.45) is 0 Å². The minimum Gasteiger partial charge on any atom is -0.359 e. The Balaban J connectivity index is 0.00000121. The molecule has 0 fully saturated rings. The van der Waals surface area contributed by atoms with Crippen molar-refractivity contribution in [1.82, 2.24) is 9.80 Å². The van der Waals surface area contributed by atoms with Crippen molar-refractivity contribution < 1.29 is 0 Å². The van der Waals surface area contributed by atoms with Gasteiger partial charge in [0.2, 0.25) is 0 Å². The maximum atomic E-state index is 2.27. The molecule has 0 radical (unpaired) electrons. The second-order valence-electron chi connectivity index (χ2n) is 3.25. The van der Waals surface area contributed by atoms with Crippen LogP contribution in [0.3, 0.4) is 0 Å². The highest BCUT2D eigenvalue weighted by Gasteiger charge is 2.18. The number of halogens is 1. The molecule has 1 heterocycles. The van der Waals surface area contributed by atoms with E-state index >= 15 is 0 Å². The molecule has 0 saturated carbocycles. The summed E-state index contributed by atoms with van der Waals surface area (Å²) in [5.74, 6) is 0. The molecule has 12 heavy (non-hydrogen) atoms. The molecule has 0 aromatic heterocycles. The molecule has 3 heteroatoms. The van der Waals surface area contributed by atoms with E-state index in [0.717, 1.165) is 0 Å². The monoisotopic (exact) mass is 190 g/mol. The van der Waals surface area contributed by atoms with Gasteiger partial charge in [-0.15, -0.1) is 12.4 Å². The molecule has 0 atom stereocenters. The van der Waals surface area contributed by atoms with Gasteiger partial charge in [-0.2, -0.15) is 0 Å². The first-order valence-corrected chi connectivity index (χ1v) is 4.38. The summed E-state index contributed by atoms with van der Waals surface area (Å²) in [6.45, 7) is 2.24. The van der Waals surface area contributed by atoms with E-state index in [1.807, 2.05) is 0 Å². The second kappa shape index (κ2) is 5.31. The van der Waals surface area contributed by atoms with E-state index in [4.69, 9.17) is 0 Å². The van der Waals surface area contributed by atoms with Gasteiger partial charge in [0.15, 0.2) is 0 Å². The van der Waals surface area contributed by atoms with Gasteiger partial charge in [-0.25, -0.2) is 0 Å². The van der Waals surface area contributed by atoms with Crippen molar-refractivity contribution in [3.8, 4) is 0 Å². The highest BCUT2D eigenvalue weighted by atomic mass is 35.5.